The highest BCUT2D eigenvalue weighted by molar-refractivity contribution is 6.36. The van der Waals surface area contributed by atoms with E-state index in [4.69, 9.17) is 115 Å². The first-order valence-corrected chi connectivity index (χ1v) is 38.8. The van der Waals surface area contributed by atoms with Gasteiger partial charge in [-0.25, -0.2) is 43.9 Å². The Hall–Kier alpha value is -7.81. The molecule has 0 spiro atoms. The van der Waals surface area contributed by atoms with E-state index in [0.717, 1.165) is 81.6 Å². The van der Waals surface area contributed by atoms with E-state index in [9.17, 15) is 30.8 Å². The van der Waals surface area contributed by atoms with E-state index < -0.39 is 24.3 Å². The summed E-state index contributed by atoms with van der Waals surface area (Å²) < 4.78 is 5.39. The number of nitriles is 3. The molecule has 9 aromatic rings. The number of carbonyl (C=O) groups is 1. The fraction of sp³-hybridized carbons (Fsp3) is 0.507. The Kier molecular flexibility index (Phi) is 21.6. The van der Waals surface area contributed by atoms with Crippen molar-refractivity contribution in [2.24, 2.45) is 53.1 Å². The number of aliphatic hydroxyl groups is 2. The number of rotatable bonds is 23. The highest BCUT2D eigenvalue weighted by Crippen LogP contribution is 2.46. The van der Waals surface area contributed by atoms with Crippen molar-refractivity contribution in [2.45, 2.75) is 96.1 Å². The molecule has 3 aromatic carbocycles. The van der Waals surface area contributed by atoms with Crippen molar-refractivity contribution < 1.29 is 15.0 Å². The number of aliphatic hydroxyl groups excluding tert-OH is 2. The third kappa shape index (κ3) is 15.2. The lowest BCUT2D eigenvalue weighted by Gasteiger charge is -2.49. The molecule has 106 heavy (non-hydrogen) atoms. The van der Waals surface area contributed by atoms with Crippen molar-refractivity contribution in [1.29, 1.82) is 15.8 Å². The third-order valence-corrected chi connectivity index (χ3v) is 24.6. The van der Waals surface area contributed by atoms with E-state index in [1.165, 1.54) is 0 Å². The average molecular weight is 1550 g/mol. The summed E-state index contributed by atoms with van der Waals surface area (Å²) >= 11 is 40.6. The van der Waals surface area contributed by atoms with Gasteiger partial charge in [0.15, 0.2) is 34.0 Å². The molecule has 552 valence electrons. The predicted molar refractivity (Wildman–Crippen MR) is 408 cm³/mol. The number of anilines is 3. The Labute approximate surface area is 644 Å². The Morgan fingerprint density at radius 1 is 0.509 bits per heavy atom. The largest absolute Gasteiger partial charge is 0.392 e. The smallest absolute Gasteiger partial charge is 0.218 e. The first-order valence-electron chi connectivity index (χ1n) is 36.5. The van der Waals surface area contributed by atoms with Gasteiger partial charge in [0.25, 0.3) is 0 Å². The molecule has 15 rings (SSSR count). The maximum Gasteiger partial charge on any atom is 0.218 e. The van der Waals surface area contributed by atoms with Gasteiger partial charge in [-0.2, -0.15) is 31.1 Å². The lowest BCUT2D eigenvalue weighted by molar-refractivity contribution is -0.118. The quantitative estimate of drug-likeness (QED) is 0.0536. The molecule has 6 aliphatic heterocycles. The zero-order valence-corrected chi connectivity index (χ0v) is 63.6. The number of hydrogen-bond donors (Lipinski definition) is 3. The minimum Gasteiger partial charge on any atom is -0.392 e. The summed E-state index contributed by atoms with van der Waals surface area (Å²) in [7, 11) is 0. The number of β-amino-alcohol motifs (C(OH)–C–C–N with tert-alkyl or cyclic N) is 2. The van der Waals surface area contributed by atoms with Gasteiger partial charge in [-0.1, -0.05) is 87.8 Å². The van der Waals surface area contributed by atoms with Gasteiger partial charge in [-0.3, -0.25) is 4.79 Å². The molecule has 6 fully saturated rings. The second-order valence-corrected chi connectivity index (χ2v) is 32.9. The van der Waals surface area contributed by atoms with E-state index in [-0.39, 0.29) is 64.5 Å². The fourth-order valence-electron chi connectivity index (χ4n) is 17.7. The van der Waals surface area contributed by atoms with Gasteiger partial charge in [0.1, 0.15) is 52.2 Å². The van der Waals surface area contributed by atoms with Crippen LogP contribution in [0.25, 0.3) is 33.5 Å². The molecule has 12 heterocycles. The van der Waals surface area contributed by atoms with Gasteiger partial charge in [0, 0.05) is 128 Å². The maximum absolute atomic E-state index is 11.6. The van der Waals surface area contributed by atoms with E-state index in [1.807, 2.05) is 60.5 Å². The van der Waals surface area contributed by atoms with Crippen molar-refractivity contribution in [3.05, 3.63) is 137 Å². The predicted octanol–water partition coefficient (Wildman–Crippen LogP) is 11.1. The lowest BCUT2D eigenvalue weighted by atomic mass is 9.75. The van der Waals surface area contributed by atoms with Gasteiger partial charge in [0.2, 0.25) is 5.91 Å². The average Bonchev–Trinajstić information content (AvgIpc) is 1.58. The van der Waals surface area contributed by atoms with Crippen LogP contribution in [0.4, 0.5) is 17.5 Å². The van der Waals surface area contributed by atoms with Crippen LogP contribution in [-0.4, -0.2) is 200 Å². The molecule has 1 amide bonds. The van der Waals surface area contributed by atoms with E-state index in [1.54, 1.807) is 47.5 Å². The summed E-state index contributed by atoms with van der Waals surface area (Å²) in [5, 5.41) is 70.9. The number of benzene rings is 3. The first-order chi connectivity index (χ1) is 51.1. The normalized spacial score (nSPS) is 22.3. The summed E-state index contributed by atoms with van der Waals surface area (Å²) in [6, 6.07) is 21.8. The minimum atomic E-state index is -0.574. The van der Waals surface area contributed by atoms with Crippen LogP contribution in [0.3, 0.4) is 0 Å². The number of aromatic nitrogens is 12. The number of likely N-dealkylation sites (tertiary alicyclic amines) is 3. The number of carbonyl (C=O) groups excluding carboxylic acids is 1. The van der Waals surface area contributed by atoms with Crippen LogP contribution in [0.1, 0.15) is 118 Å². The second kappa shape index (κ2) is 31.0. The second-order valence-electron chi connectivity index (χ2n) is 30.4. The van der Waals surface area contributed by atoms with Crippen LogP contribution in [-0.2, 0) is 4.79 Å². The van der Waals surface area contributed by atoms with Gasteiger partial charge in [-0.15, -0.1) is 0 Å². The Morgan fingerprint density at radius 3 is 1.27 bits per heavy atom. The zero-order valence-electron chi connectivity index (χ0n) is 59.0. The van der Waals surface area contributed by atoms with Gasteiger partial charge >= 0.3 is 0 Å². The van der Waals surface area contributed by atoms with Crippen molar-refractivity contribution >= 4 is 126 Å². The van der Waals surface area contributed by atoms with Gasteiger partial charge < -0.3 is 45.3 Å². The van der Waals surface area contributed by atoms with E-state index in [0.29, 0.717) is 171 Å². The van der Waals surface area contributed by atoms with E-state index >= 15 is 0 Å². The maximum atomic E-state index is 11.6. The highest BCUT2D eigenvalue weighted by Gasteiger charge is 2.44. The number of nitrogens with zero attached hydrogens (tertiary/aromatic N) is 21. The highest BCUT2D eigenvalue weighted by atomic mass is 35.5. The molecular weight excluding hydrogens is 1470 g/mol. The molecule has 6 aromatic heterocycles. The molecule has 0 saturated carbocycles. The lowest BCUT2D eigenvalue weighted by Crippen LogP contribution is -2.55. The van der Waals surface area contributed by atoms with Crippen LogP contribution >= 0.6 is 69.6 Å². The minimum absolute atomic E-state index is 0.0737. The van der Waals surface area contributed by atoms with Crippen LogP contribution in [0.15, 0.2) is 73.2 Å². The number of halogens is 6. The molecular formula is C75H82Cl6N22O3. The number of nitrogens with two attached hydrogens (primary N) is 1. The summed E-state index contributed by atoms with van der Waals surface area (Å²) in [5.41, 5.74) is 11.0. The molecule has 0 radical (unpaired) electrons. The Balaban J connectivity index is 0.668. The number of amides is 1. The first kappa shape index (κ1) is 73.7. The molecule has 10 atom stereocenters. The monoisotopic (exact) mass is 1550 g/mol. The van der Waals surface area contributed by atoms with Crippen molar-refractivity contribution in [1.82, 2.24) is 73.9 Å². The van der Waals surface area contributed by atoms with Crippen LogP contribution in [0.2, 0.25) is 30.1 Å². The molecule has 4 N–H and O–H groups in total. The summed E-state index contributed by atoms with van der Waals surface area (Å²) in [5.74, 6) is 3.83. The molecule has 25 nitrogen and oxygen atoms in total. The third-order valence-electron chi connectivity index (χ3n) is 22.9. The van der Waals surface area contributed by atoms with Crippen molar-refractivity contribution in [3.63, 3.8) is 0 Å². The number of hydrogen-bond acceptors (Lipinski definition) is 21. The van der Waals surface area contributed by atoms with Crippen LogP contribution in [0.5, 0.6) is 0 Å². The van der Waals surface area contributed by atoms with Crippen LogP contribution in [0, 0.1) is 81.3 Å². The fourth-order valence-corrected chi connectivity index (χ4v) is 19.3. The van der Waals surface area contributed by atoms with E-state index in [2.05, 4.69) is 52.7 Å². The summed E-state index contributed by atoms with van der Waals surface area (Å²) in [6.07, 6.45) is 9.49. The van der Waals surface area contributed by atoms with Crippen LogP contribution < -0.4 is 20.4 Å². The topological polar surface area (TPSA) is 305 Å². The van der Waals surface area contributed by atoms with Gasteiger partial charge in [-0.05, 0) is 166 Å². The van der Waals surface area contributed by atoms with Gasteiger partial charge in [0.05, 0.1) is 48.9 Å². The summed E-state index contributed by atoms with van der Waals surface area (Å²) in [6.45, 7) is 16.6. The Morgan fingerprint density at radius 2 is 0.887 bits per heavy atom. The van der Waals surface area contributed by atoms with Crippen molar-refractivity contribution in [3.8, 4) is 18.2 Å². The summed E-state index contributed by atoms with van der Waals surface area (Å²) in [4.78, 5) is 55.7. The number of primary amides is 1. The zero-order chi connectivity index (χ0) is 73.9. The SMILES string of the molecule is C[C@H](O)CN1CC(C[C@H](c2ccc(Cl)cc2Cl)n2nc(C#N)c3ncc(N4CC([C@H]5CCCN(CCC(N)=O)C5)C4)nc32)C[C@@H](C2CN(c3cnc4c(C#N)nn([C@H](CC5C[C@H](C6CN(c7cnc8c(C#N)nn([C@H](C)c9ccc(Cl)cc9Cl)c8n7)C6)CN(C[C@H](C)O)C5)c5ccc(Cl)cc5Cl)c4n3)C2)C1. The van der Waals surface area contributed by atoms with Crippen molar-refractivity contribution in [2.75, 3.05) is 113 Å². The molecule has 0 aliphatic carbocycles. The standard InChI is InChI=1S/C75H82Cl6N22O3/c1-41(104)28-96-30-44(15-47(33-96)50-37-99(38-50)67-25-86-70-61(22-82)92-101(73(70)89-67)43(3)55-9-6-52(76)19-58(55)79)18-65(57-11-8-54(78)21-60(57)81)103-75-72(63(24-84)94-103)88-27-69(91-75)100-39-51(40-100)48-16-45(31-97(34-48)29-42(2)105)17-64(56-10-7-53(77)20-59(56)80)102-74-71(62(23-83)93-102)87-26-68(90-74)98-35-49(36-98)46-5-4-13-95(32-46)14-12-66(85)106/h6-11,19-21,25-27,41-51,64-65,104-105H,4-5,12-18,28-40H2,1-3H3,(H2,85,106)/t41-,42-,43+,44?,45?,46-,47-,48+,64+,65+/m0/s1. The molecule has 6 aliphatic rings. The molecule has 6 saturated heterocycles. The molecule has 0 bridgehead atoms. The number of fused-ring (bicyclic) bond motifs is 3. The molecule has 2 unspecified atom stereocenters. The Bertz CT molecular complexity index is 4920. The number of piperidine rings is 3. The molecule has 31 heteroatoms.